The van der Waals surface area contributed by atoms with Crippen molar-refractivity contribution in [2.24, 2.45) is 0 Å². The first-order chi connectivity index (χ1) is 12.9. The Morgan fingerprint density at radius 2 is 1.67 bits per heavy atom. The Kier molecular flexibility index (Phi) is 7.41. The van der Waals surface area contributed by atoms with Crippen LogP contribution in [0.25, 0.3) is 0 Å². The van der Waals surface area contributed by atoms with Crippen LogP contribution in [0.2, 0.25) is 0 Å². The molecule has 0 saturated carbocycles. The van der Waals surface area contributed by atoms with Crippen LogP contribution in [-0.2, 0) is 27.2 Å². The van der Waals surface area contributed by atoms with Crippen molar-refractivity contribution in [1.82, 2.24) is 0 Å². The highest BCUT2D eigenvalue weighted by Crippen LogP contribution is 2.22. The Morgan fingerprint density at radius 1 is 1.04 bits per heavy atom. The number of esters is 1. The molecule has 2 aromatic carbocycles. The molecule has 0 spiro atoms. The zero-order valence-corrected chi connectivity index (χ0v) is 16.4. The molecule has 0 aliphatic carbocycles. The van der Waals surface area contributed by atoms with Gasteiger partial charge in [-0.25, -0.2) is 4.79 Å². The van der Waals surface area contributed by atoms with Crippen LogP contribution in [0.4, 0.5) is 5.69 Å². The highest BCUT2D eigenvalue weighted by Gasteiger charge is 2.18. The predicted molar refractivity (Wildman–Crippen MR) is 106 cm³/mol. The Bertz CT molecular complexity index is 778. The maximum atomic E-state index is 12.2. The van der Waals surface area contributed by atoms with E-state index in [1.54, 1.807) is 13.0 Å². The quantitative estimate of drug-likeness (QED) is 0.713. The summed E-state index contributed by atoms with van der Waals surface area (Å²) in [5.41, 5.74) is 3.97. The molecule has 2 aromatic rings. The number of hydrogen-bond acceptors (Lipinski definition) is 4. The summed E-state index contributed by atoms with van der Waals surface area (Å²) in [7, 11) is 0. The van der Waals surface area contributed by atoms with E-state index < -0.39 is 12.1 Å². The van der Waals surface area contributed by atoms with Crippen molar-refractivity contribution in [3.05, 3.63) is 59.2 Å². The number of carbonyl (C=O) groups is 2. The van der Waals surface area contributed by atoms with E-state index in [1.165, 1.54) is 0 Å². The van der Waals surface area contributed by atoms with E-state index in [4.69, 9.17) is 9.47 Å². The van der Waals surface area contributed by atoms with E-state index in [2.05, 4.69) is 5.32 Å². The van der Waals surface area contributed by atoms with Gasteiger partial charge in [-0.1, -0.05) is 44.2 Å². The molecule has 1 amide bonds. The lowest BCUT2D eigenvalue weighted by Crippen LogP contribution is -2.30. The maximum Gasteiger partial charge on any atom is 0.347 e. The van der Waals surface area contributed by atoms with Crippen LogP contribution in [0.3, 0.4) is 0 Å². The Morgan fingerprint density at radius 3 is 2.26 bits per heavy atom. The summed E-state index contributed by atoms with van der Waals surface area (Å²) in [6, 6.07) is 13.4. The third-order valence-corrected chi connectivity index (χ3v) is 4.24. The first kappa shape index (κ1) is 20.5. The molecule has 1 atom stereocenters. The highest BCUT2D eigenvalue weighted by molar-refractivity contribution is 5.94. The lowest BCUT2D eigenvalue weighted by atomic mass is 10.0. The van der Waals surface area contributed by atoms with Crippen molar-refractivity contribution >= 4 is 17.6 Å². The molecule has 2 rings (SSSR count). The number of benzene rings is 2. The molecule has 0 aliphatic rings. The van der Waals surface area contributed by atoms with Crippen LogP contribution in [0.5, 0.6) is 5.75 Å². The summed E-state index contributed by atoms with van der Waals surface area (Å²) in [6.45, 7) is 7.27. The second-order valence-electron chi connectivity index (χ2n) is 6.39. The van der Waals surface area contributed by atoms with Gasteiger partial charge in [0.2, 0.25) is 0 Å². The number of amides is 1. The van der Waals surface area contributed by atoms with Gasteiger partial charge in [0, 0.05) is 5.69 Å². The maximum absolute atomic E-state index is 12.2. The van der Waals surface area contributed by atoms with E-state index in [0.717, 1.165) is 35.2 Å². The van der Waals surface area contributed by atoms with Crippen molar-refractivity contribution in [3.63, 3.8) is 0 Å². The van der Waals surface area contributed by atoms with Gasteiger partial charge in [-0.15, -0.1) is 0 Å². The smallest absolute Gasteiger partial charge is 0.347 e. The Hall–Kier alpha value is -2.82. The van der Waals surface area contributed by atoms with Crippen molar-refractivity contribution < 1.29 is 19.1 Å². The van der Waals surface area contributed by atoms with Gasteiger partial charge in [0.15, 0.2) is 12.7 Å². The molecule has 0 radical (unpaired) electrons. The number of para-hydroxylation sites is 1. The van der Waals surface area contributed by atoms with Crippen LogP contribution >= 0.6 is 0 Å². The number of anilines is 1. The minimum atomic E-state index is -0.797. The molecule has 5 nitrogen and oxygen atoms in total. The molecule has 0 saturated heterocycles. The van der Waals surface area contributed by atoms with Crippen molar-refractivity contribution in [1.29, 1.82) is 0 Å². The standard InChI is InChI=1S/C22H27NO4/c1-5-17-10-8-11-18(6-2)21(17)23-20(24)14-26-22(25)16(4)27-19-12-7-9-15(3)13-19/h7-13,16H,5-6,14H2,1-4H3,(H,23,24)/t16-/m1/s1. The molecular formula is C22H27NO4. The van der Waals surface area contributed by atoms with E-state index in [0.29, 0.717) is 5.75 Å². The van der Waals surface area contributed by atoms with Gasteiger partial charge in [0.05, 0.1) is 0 Å². The molecule has 0 fully saturated rings. The van der Waals surface area contributed by atoms with Gasteiger partial charge >= 0.3 is 5.97 Å². The van der Waals surface area contributed by atoms with Crippen LogP contribution in [0.1, 0.15) is 37.5 Å². The number of carbonyl (C=O) groups excluding carboxylic acids is 2. The lowest BCUT2D eigenvalue weighted by molar-refractivity contribution is -0.153. The summed E-state index contributed by atoms with van der Waals surface area (Å²) < 4.78 is 10.7. The highest BCUT2D eigenvalue weighted by atomic mass is 16.6. The molecule has 0 aliphatic heterocycles. The third-order valence-electron chi connectivity index (χ3n) is 4.24. The van der Waals surface area contributed by atoms with E-state index in [-0.39, 0.29) is 12.5 Å². The SMILES string of the molecule is CCc1cccc(CC)c1NC(=O)COC(=O)[C@@H](C)Oc1cccc(C)c1. The van der Waals surface area contributed by atoms with E-state index >= 15 is 0 Å². The summed E-state index contributed by atoms with van der Waals surface area (Å²) in [6.07, 6.45) is 0.823. The summed E-state index contributed by atoms with van der Waals surface area (Å²) in [5.74, 6) is -0.346. The van der Waals surface area contributed by atoms with Gasteiger partial charge in [0.25, 0.3) is 5.91 Å². The van der Waals surface area contributed by atoms with Crippen molar-refractivity contribution in [2.45, 2.75) is 46.6 Å². The van der Waals surface area contributed by atoms with E-state index in [9.17, 15) is 9.59 Å². The minimum Gasteiger partial charge on any atom is -0.479 e. The van der Waals surface area contributed by atoms with Crippen LogP contribution in [0.15, 0.2) is 42.5 Å². The second-order valence-corrected chi connectivity index (χ2v) is 6.39. The monoisotopic (exact) mass is 369 g/mol. The lowest BCUT2D eigenvalue weighted by Gasteiger charge is -2.16. The van der Waals surface area contributed by atoms with Crippen LogP contribution in [-0.4, -0.2) is 24.6 Å². The fraction of sp³-hybridized carbons (Fsp3) is 0.364. The van der Waals surface area contributed by atoms with Crippen LogP contribution in [0, 0.1) is 6.92 Å². The molecule has 0 unspecified atom stereocenters. The molecule has 27 heavy (non-hydrogen) atoms. The molecule has 0 bridgehead atoms. The van der Waals surface area contributed by atoms with Gasteiger partial charge in [-0.05, 0) is 55.5 Å². The Labute approximate surface area is 160 Å². The first-order valence-corrected chi connectivity index (χ1v) is 9.25. The number of ether oxygens (including phenoxy) is 2. The zero-order chi connectivity index (χ0) is 19.8. The van der Waals surface area contributed by atoms with Gasteiger partial charge in [-0.2, -0.15) is 0 Å². The Balaban J connectivity index is 1.91. The van der Waals surface area contributed by atoms with Gasteiger partial charge < -0.3 is 14.8 Å². The average molecular weight is 369 g/mol. The predicted octanol–water partition coefficient (Wildman–Crippen LogP) is 4.07. The first-order valence-electron chi connectivity index (χ1n) is 9.25. The van der Waals surface area contributed by atoms with Crippen molar-refractivity contribution in [2.75, 3.05) is 11.9 Å². The number of hydrogen-bond donors (Lipinski definition) is 1. The topological polar surface area (TPSA) is 64.6 Å². The molecule has 1 N–H and O–H groups in total. The summed E-state index contributed by atoms with van der Waals surface area (Å²) >= 11 is 0. The molecule has 144 valence electrons. The normalized spacial score (nSPS) is 11.6. The second kappa shape index (κ2) is 9.76. The van der Waals surface area contributed by atoms with E-state index in [1.807, 2.05) is 57.2 Å². The summed E-state index contributed by atoms with van der Waals surface area (Å²) in [5, 5.41) is 2.88. The molecular weight excluding hydrogens is 342 g/mol. The van der Waals surface area contributed by atoms with Crippen LogP contribution < -0.4 is 10.1 Å². The molecule has 5 heteroatoms. The summed E-state index contributed by atoms with van der Waals surface area (Å²) in [4.78, 5) is 24.4. The number of aryl methyl sites for hydroxylation is 3. The minimum absolute atomic E-state index is 0.346. The average Bonchev–Trinajstić information content (AvgIpc) is 2.66. The zero-order valence-electron chi connectivity index (χ0n) is 16.4. The van der Waals surface area contributed by atoms with Gasteiger partial charge in [-0.3, -0.25) is 4.79 Å². The fourth-order valence-corrected chi connectivity index (χ4v) is 2.77. The number of rotatable bonds is 8. The van der Waals surface area contributed by atoms with Gasteiger partial charge in [0.1, 0.15) is 5.75 Å². The van der Waals surface area contributed by atoms with Crippen molar-refractivity contribution in [3.8, 4) is 5.75 Å². The third kappa shape index (κ3) is 5.84. The molecule has 0 heterocycles. The molecule has 0 aromatic heterocycles. The largest absolute Gasteiger partial charge is 0.479 e. The fourth-order valence-electron chi connectivity index (χ4n) is 2.77. The number of nitrogens with one attached hydrogen (secondary N) is 1.